The van der Waals surface area contributed by atoms with E-state index in [1.807, 2.05) is 0 Å². The largest absolute Gasteiger partial charge is 0.471 e. The molecular formula is C8H7ClF3NO2S. The predicted octanol–water partition coefficient (Wildman–Crippen LogP) is 2.11. The number of thiophene rings is 1. The first kappa shape index (κ1) is 13.3. The van der Waals surface area contributed by atoms with Crippen LogP contribution in [0.25, 0.3) is 0 Å². The van der Waals surface area contributed by atoms with Crippen molar-refractivity contribution < 1.29 is 23.1 Å². The molecule has 8 heteroatoms. The van der Waals surface area contributed by atoms with Crippen molar-refractivity contribution >= 4 is 28.8 Å². The molecular weight excluding hydrogens is 267 g/mol. The number of carbonyl (C=O) groups excluding carboxylic acids is 1. The lowest BCUT2D eigenvalue weighted by Gasteiger charge is -2.11. The first-order valence-electron chi connectivity index (χ1n) is 4.09. The molecule has 1 aromatic rings. The van der Waals surface area contributed by atoms with E-state index in [9.17, 15) is 23.1 Å². The molecule has 0 aromatic carbocycles. The van der Waals surface area contributed by atoms with Gasteiger partial charge in [0, 0.05) is 11.4 Å². The first-order chi connectivity index (χ1) is 7.30. The van der Waals surface area contributed by atoms with Gasteiger partial charge in [-0.3, -0.25) is 4.79 Å². The van der Waals surface area contributed by atoms with Gasteiger partial charge in [-0.1, -0.05) is 11.6 Å². The molecule has 1 unspecified atom stereocenters. The number of rotatable bonds is 3. The molecule has 1 atom stereocenters. The van der Waals surface area contributed by atoms with E-state index in [0.29, 0.717) is 9.21 Å². The van der Waals surface area contributed by atoms with E-state index in [-0.39, 0.29) is 0 Å². The SMILES string of the molecule is O=C(NCC(O)c1ccc(Cl)s1)C(F)(F)F. The zero-order valence-electron chi connectivity index (χ0n) is 7.71. The first-order valence-corrected chi connectivity index (χ1v) is 5.28. The lowest BCUT2D eigenvalue weighted by atomic mass is 10.3. The third-order valence-corrected chi connectivity index (χ3v) is 2.97. The Kier molecular flexibility index (Phi) is 4.17. The van der Waals surface area contributed by atoms with Gasteiger partial charge in [0.2, 0.25) is 0 Å². The van der Waals surface area contributed by atoms with Gasteiger partial charge < -0.3 is 10.4 Å². The fourth-order valence-corrected chi connectivity index (χ4v) is 1.94. The molecule has 0 aliphatic heterocycles. The Hall–Kier alpha value is -0.790. The van der Waals surface area contributed by atoms with Crippen molar-refractivity contribution in [2.75, 3.05) is 6.54 Å². The monoisotopic (exact) mass is 273 g/mol. The maximum atomic E-state index is 11.8. The number of aliphatic hydroxyl groups excluding tert-OH is 1. The topological polar surface area (TPSA) is 49.3 Å². The number of hydrogen-bond donors (Lipinski definition) is 2. The van der Waals surface area contributed by atoms with Crippen LogP contribution in [0.1, 0.15) is 11.0 Å². The van der Waals surface area contributed by atoms with Crippen molar-refractivity contribution in [3.63, 3.8) is 0 Å². The third-order valence-electron chi connectivity index (χ3n) is 1.64. The zero-order chi connectivity index (χ0) is 12.3. The number of amides is 1. The molecule has 1 aromatic heterocycles. The summed E-state index contributed by atoms with van der Waals surface area (Å²) in [5, 5.41) is 11.0. The van der Waals surface area contributed by atoms with E-state index in [1.54, 1.807) is 5.32 Å². The number of carbonyl (C=O) groups is 1. The number of alkyl halides is 3. The summed E-state index contributed by atoms with van der Waals surface area (Å²) in [6.45, 7) is -0.505. The fraction of sp³-hybridized carbons (Fsp3) is 0.375. The molecule has 0 spiro atoms. The lowest BCUT2D eigenvalue weighted by Crippen LogP contribution is -2.38. The van der Waals surface area contributed by atoms with Crippen molar-refractivity contribution in [3.05, 3.63) is 21.3 Å². The molecule has 3 nitrogen and oxygen atoms in total. The Morgan fingerprint density at radius 2 is 2.19 bits per heavy atom. The van der Waals surface area contributed by atoms with Crippen LogP contribution in [0.5, 0.6) is 0 Å². The maximum Gasteiger partial charge on any atom is 0.471 e. The highest BCUT2D eigenvalue weighted by molar-refractivity contribution is 7.16. The fourth-order valence-electron chi connectivity index (χ4n) is 0.898. The minimum absolute atomic E-state index is 0.396. The van der Waals surface area contributed by atoms with Crippen LogP contribution in [-0.4, -0.2) is 23.7 Å². The van der Waals surface area contributed by atoms with E-state index in [1.165, 1.54) is 12.1 Å². The molecule has 0 radical (unpaired) electrons. The summed E-state index contributed by atoms with van der Waals surface area (Å²) < 4.78 is 35.8. The third kappa shape index (κ3) is 3.66. The Bertz CT molecular complexity index is 380. The van der Waals surface area contributed by atoms with Crippen molar-refractivity contribution in [1.82, 2.24) is 5.32 Å². The smallest absolute Gasteiger partial charge is 0.386 e. The molecule has 0 bridgehead atoms. The van der Waals surface area contributed by atoms with E-state index >= 15 is 0 Å². The standard InChI is InChI=1S/C8H7ClF3NO2S/c9-6-2-1-5(16-6)4(14)3-13-7(15)8(10,11)12/h1-2,4,14H,3H2,(H,13,15). The van der Waals surface area contributed by atoms with E-state index in [2.05, 4.69) is 0 Å². The molecule has 0 fully saturated rings. The van der Waals surface area contributed by atoms with Gasteiger partial charge in [0.1, 0.15) is 6.10 Å². The molecule has 1 heterocycles. The summed E-state index contributed by atoms with van der Waals surface area (Å²) in [5.74, 6) is -2.07. The highest BCUT2D eigenvalue weighted by Crippen LogP contribution is 2.26. The van der Waals surface area contributed by atoms with Gasteiger partial charge in [-0.15, -0.1) is 11.3 Å². The second-order valence-corrected chi connectivity index (χ2v) is 4.61. The second-order valence-electron chi connectivity index (χ2n) is 2.87. The summed E-state index contributed by atoms with van der Waals surface area (Å²) >= 11 is 6.62. The Balaban J connectivity index is 2.48. The van der Waals surface area contributed by atoms with Crippen LogP contribution in [0.15, 0.2) is 12.1 Å². The van der Waals surface area contributed by atoms with Crippen molar-refractivity contribution in [2.24, 2.45) is 0 Å². The van der Waals surface area contributed by atoms with Crippen LogP contribution >= 0.6 is 22.9 Å². The average Bonchev–Trinajstić information content (AvgIpc) is 2.59. The highest BCUT2D eigenvalue weighted by atomic mass is 35.5. The molecule has 90 valence electrons. The number of halogens is 4. The van der Waals surface area contributed by atoms with E-state index in [0.717, 1.165) is 11.3 Å². The Morgan fingerprint density at radius 3 is 2.62 bits per heavy atom. The predicted molar refractivity (Wildman–Crippen MR) is 53.4 cm³/mol. The molecule has 0 aliphatic carbocycles. The highest BCUT2D eigenvalue weighted by Gasteiger charge is 2.38. The van der Waals surface area contributed by atoms with Gasteiger partial charge >= 0.3 is 12.1 Å². The minimum Gasteiger partial charge on any atom is -0.386 e. The summed E-state index contributed by atoms with van der Waals surface area (Å²) in [5.41, 5.74) is 0. The normalized spacial score (nSPS) is 13.6. The van der Waals surface area contributed by atoms with Crippen molar-refractivity contribution in [1.29, 1.82) is 0 Å². The van der Waals surface area contributed by atoms with Crippen LogP contribution in [0, 0.1) is 0 Å². The number of hydrogen-bond acceptors (Lipinski definition) is 3. The Labute approximate surface area is 97.8 Å². The van der Waals surface area contributed by atoms with Crippen molar-refractivity contribution in [2.45, 2.75) is 12.3 Å². The summed E-state index contributed by atoms with van der Waals surface area (Å²) in [6.07, 6.45) is -6.13. The minimum atomic E-state index is -4.94. The van der Waals surface area contributed by atoms with E-state index in [4.69, 9.17) is 11.6 Å². The molecule has 1 rings (SSSR count). The van der Waals surface area contributed by atoms with Gasteiger partial charge in [0.15, 0.2) is 0 Å². The van der Waals surface area contributed by atoms with Crippen LogP contribution in [0.2, 0.25) is 4.34 Å². The van der Waals surface area contributed by atoms with E-state index < -0.39 is 24.7 Å². The number of aliphatic hydroxyl groups is 1. The van der Waals surface area contributed by atoms with Crippen LogP contribution in [-0.2, 0) is 4.79 Å². The average molecular weight is 274 g/mol. The van der Waals surface area contributed by atoms with Gasteiger partial charge in [-0.05, 0) is 12.1 Å². The lowest BCUT2D eigenvalue weighted by molar-refractivity contribution is -0.174. The Morgan fingerprint density at radius 1 is 1.56 bits per heavy atom. The molecule has 16 heavy (non-hydrogen) atoms. The molecule has 0 saturated carbocycles. The summed E-state index contributed by atoms with van der Waals surface area (Å²) in [4.78, 5) is 10.8. The van der Waals surface area contributed by atoms with Gasteiger partial charge in [-0.25, -0.2) is 0 Å². The van der Waals surface area contributed by atoms with Crippen molar-refractivity contribution in [3.8, 4) is 0 Å². The van der Waals surface area contributed by atoms with Gasteiger partial charge in [0.05, 0.1) is 4.34 Å². The molecule has 2 N–H and O–H groups in total. The summed E-state index contributed by atoms with van der Waals surface area (Å²) in [6, 6.07) is 2.99. The van der Waals surface area contributed by atoms with Gasteiger partial charge in [0.25, 0.3) is 0 Å². The van der Waals surface area contributed by atoms with Crippen LogP contribution in [0.4, 0.5) is 13.2 Å². The van der Waals surface area contributed by atoms with Gasteiger partial charge in [-0.2, -0.15) is 13.2 Å². The van der Waals surface area contributed by atoms with Crippen LogP contribution in [0.3, 0.4) is 0 Å². The quantitative estimate of drug-likeness (QED) is 0.886. The maximum absolute atomic E-state index is 11.8. The number of nitrogens with one attached hydrogen (secondary N) is 1. The second kappa shape index (κ2) is 5.03. The molecule has 1 amide bonds. The zero-order valence-corrected chi connectivity index (χ0v) is 9.29. The molecule has 0 aliphatic rings. The van der Waals surface area contributed by atoms with Crippen LogP contribution < -0.4 is 5.32 Å². The summed E-state index contributed by atoms with van der Waals surface area (Å²) in [7, 11) is 0. The molecule has 0 saturated heterocycles.